The quantitative estimate of drug-likeness (QED) is 0.630. The van der Waals surface area contributed by atoms with Crippen LogP contribution in [0.15, 0.2) is 65.6 Å². The number of allylic oxidation sites excluding steroid dienone is 3. The molecule has 1 unspecified atom stereocenters. The van der Waals surface area contributed by atoms with Crippen molar-refractivity contribution < 1.29 is 13.2 Å². The van der Waals surface area contributed by atoms with Crippen LogP contribution in [0, 0.1) is 5.92 Å². The molecular weight excluding hydrogens is 341 g/mol. The van der Waals surface area contributed by atoms with Crippen LogP contribution in [0.1, 0.15) is 23.2 Å². The molecular formula is C19H19F3N4. The number of H-pyrrole nitrogens is 1. The van der Waals surface area contributed by atoms with Crippen LogP contribution in [0.5, 0.6) is 0 Å². The van der Waals surface area contributed by atoms with E-state index in [9.17, 15) is 13.2 Å². The zero-order chi connectivity index (χ0) is 18.6. The Morgan fingerprint density at radius 1 is 1.27 bits per heavy atom. The second-order valence-corrected chi connectivity index (χ2v) is 6.19. The van der Waals surface area contributed by atoms with E-state index < -0.39 is 11.7 Å². The van der Waals surface area contributed by atoms with Crippen LogP contribution in [0.4, 0.5) is 13.2 Å². The van der Waals surface area contributed by atoms with Gasteiger partial charge in [-0.25, -0.2) is 4.98 Å². The SMILES string of the molecule is NC(=NCC1C=CC(C(F)(F)F)=CC1)c1ccc(Cc2cnc[nH]2)cc1. The molecule has 26 heavy (non-hydrogen) atoms. The van der Waals surface area contributed by atoms with Gasteiger partial charge in [0.25, 0.3) is 0 Å². The summed E-state index contributed by atoms with van der Waals surface area (Å²) in [5.74, 6) is 0.316. The summed E-state index contributed by atoms with van der Waals surface area (Å²) in [4.78, 5) is 11.4. The van der Waals surface area contributed by atoms with Crippen LogP contribution < -0.4 is 5.73 Å². The lowest BCUT2D eigenvalue weighted by Gasteiger charge is -2.16. The van der Waals surface area contributed by atoms with Gasteiger partial charge in [0.05, 0.1) is 11.9 Å². The van der Waals surface area contributed by atoms with Gasteiger partial charge in [0.1, 0.15) is 5.84 Å². The molecule has 0 spiro atoms. The van der Waals surface area contributed by atoms with Crippen molar-refractivity contribution in [3.05, 3.63) is 77.4 Å². The average Bonchev–Trinajstić information content (AvgIpc) is 3.13. The number of aromatic amines is 1. The van der Waals surface area contributed by atoms with Gasteiger partial charge in [0.15, 0.2) is 0 Å². The molecule has 0 saturated heterocycles. The van der Waals surface area contributed by atoms with Gasteiger partial charge in [-0.2, -0.15) is 13.2 Å². The van der Waals surface area contributed by atoms with Crippen molar-refractivity contribution in [3.63, 3.8) is 0 Å². The molecule has 1 heterocycles. The minimum Gasteiger partial charge on any atom is -0.384 e. The topological polar surface area (TPSA) is 67.1 Å². The van der Waals surface area contributed by atoms with Crippen LogP contribution >= 0.6 is 0 Å². The third-order valence-corrected chi connectivity index (χ3v) is 4.21. The Labute approximate surface area is 149 Å². The largest absolute Gasteiger partial charge is 0.416 e. The first-order valence-electron chi connectivity index (χ1n) is 8.24. The van der Waals surface area contributed by atoms with Crippen molar-refractivity contribution in [3.8, 4) is 0 Å². The Morgan fingerprint density at radius 2 is 2.04 bits per heavy atom. The molecule has 1 aromatic heterocycles. The Morgan fingerprint density at radius 3 is 2.62 bits per heavy atom. The number of alkyl halides is 3. The number of halogens is 3. The fourth-order valence-electron chi connectivity index (χ4n) is 2.71. The first-order chi connectivity index (χ1) is 12.4. The summed E-state index contributed by atoms with van der Waals surface area (Å²) in [6.07, 6.45) is 4.06. The normalized spacial score (nSPS) is 18.0. The third-order valence-electron chi connectivity index (χ3n) is 4.21. The molecule has 0 fully saturated rings. The monoisotopic (exact) mass is 360 g/mol. The standard InChI is InChI=1S/C19H19F3N4/c20-19(21,22)16-7-3-14(4-8-16)10-25-18(23)15-5-1-13(2-6-15)9-17-11-24-12-26-17/h1-3,5-8,11-12,14H,4,9-10H2,(H2,23,25)(H,24,26). The molecule has 2 aromatic rings. The number of aliphatic imine (C=N–C) groups is 1. The van der Waals surface area contributed by atoms with E-state index in [0.29, 0.717) is 18.8 Å². The van der Waals surface area contributed by atoms with Gasteiger partial charge >= 0.3 is 6.18 Å². The molecule has 136 valence electrons. The van der Waals surface area contributed by atoms with Crippen molar-refractivity contribution in [1.82, 2.24) is 9.97 Å². The number of nitrogens with two attached hydrogens (primary N) is 1. The summed E-state index contributed by atoms with van der Waals surface area (Å²) in [5, 5.41) is 0. The number of amidine groups is 1. The molecule has 0 amide bonds. The second kappa shape index (κ2) is 7.59. The number of hydrogen-bond donors (Lipinski definition) is 2. The average molecular weight is 360 g/mol. The fraction of sp³-hybridized carbons (Fsp3) is 0.263. The number of nitrogens with zero attached hydrogens (tertiary/aromatic N) is 2. The number of aromatic nitrogens is 2. The van der Waals surface area contributed by atoms with Gasteiger partial charge in [-0.1, -0.05) is 42.5 Å². The predicted octanol–water partition coefficient (Wildman–Crippen LogP) is 3.77. The first kappa shape index (κ1) is 18.0. The van der Waals surface area contributed by atoms with Crippen molar-refractivity contribution in [1.29, 1.82) is 0 Å². The van der Waals surface area contributed by atoms with Gasteiger partial charge in [-0.05, 0) is 12.0 Å². The van der Waals surface area contributed by atoms with E-state index in [0.717, 1.165) is 29.3 Å². The molecule has 4 nitrogen and oxygen atoms in total. The van der Waals surface area contributed by atoms with E-state index in [1.807, 2.05) is 24.3 Å². The van der Waals surface area contributed by atoms with E-state index in [1.165, 1.54) is 6.08 Å². The molecule has 1 atom stereocenters. The van der Waals surface area contributed by atoms with Crippen molar-refractivity contribution in [2.24, 2.45) is 16.6 Å². The van der Waals surface area contributed by atoms with Crippen LogP contribution in [0.25, 0.3) is 0 Å². The summed E-state index contributed by atoms with van der Waals surface area (Å²) in [6, 6.07) is 7.72. The third kappa shape index (κ3) is 4.62. The van der Waals surface area contributed by atoms with E-state index >= 15 is 0 Å². The molecule has 1 aliphatic carbocycles. The maximum absolute atomic E-state index is 12.6. The highest BCUT2D eigenvalue weighted by molar-refractivity contribution is 5.97. The lowest BCUT2D eigenvalue weighted by molar-refractivity contribution is -0.0887. The van der Waals surface area contributed by atoms with Crippen LogP contribution in [0.2, 0.25) is 0 Å². The van der Waals surface area contributed by atoms with E-state index in [-0.39, 0.29) is 5.92 Å². The summed E-state index contributed by atoms with van der Waals surface area (Å²) in [6.45, 7) is 0.361. The van der Waals surface area contributed by atoms with Gasteiger partial charge in [-0.3, -0.25) is 4.99 Å². The van der Waals surface area contributed by atoms with Gasteiger partial charge in [0, 0.05) is 36.3 Å². The summed E-state index contributed by atoms with van der Waals surface area (Å²) in [5.41, 5.74) is 8.35. The minimum atomic E-state index is -4.29. The van der Waals surface area contributed by atoms with Gasteiger partial charge < -0.3 is 10.7 Å². The van der Waals surface area contributed by atoms with Crippen LogP contribution in [-0.4, -0.2) is 28.5 Å². The highest BCUT2D eigenvalue weighted by Crippen LogP contribution is 2.30. The molecule has 1 aliphatic rings. The molecule has 0 aliphatic heterocycles. The van der Waals surface area contributed by atoms with Crippen LogP contribution in [0.3, 0.4) is 0 Å². The van der Waals surface area contributed by atoms with Crippen LogP contribution in [-0.2, 0) is 6.42 Å². The zero-order valence-electron chi connectivity index (χ0n) is 14.0. The summed E-state index contributed by atoms with van der Waals surface area (Å²) in [7, 11) is 0. The molecule has 3 N–H and O–H groups in total. The number of hydrogen-bond acceptors (Lipinski definition) is 2. The van der Waals surface area contributed by atoms with Crippen molar-refractivity contribution in [2.45, 2.75) is 19.0 Å². The predicted molar refractivity (Wildman–Crippen MR) is 94.8 cm³/mol. The maximum atomic E-state index is 12.6. The molecule has 3 rings (SSSR count). The fourth-order valence-corrected chi connectivity index (χ4v) is 2.71. The summed E-state index contributed by atoms with van der Waals surface area (Å²) >= 11 is 0. The number of nitrogens with one attached hydrogen (secondary N) is 1. The molecule has 0 saturated carbocycles. The van der Waals surface area contributed by atoms with Gasteiger partial charge in [0.2, 0.25) is 0 Å². The van der Waals surface area contributed by atoms with Crippen molar-refractivity contribution in [2.75, 3.05) is 6.54 Å². The zero-order valence-corrected chi connectivity index (χ0v) is 14.0. The summed E-state index contributed by atoms with van der Waals surface area (Å²) < 4.78 is 37.7. The second-order valence-electron chi connectivity index (χ2n) is 6.19. The highest BCUT2D eigenvalue weighted by atomic mass is 19.4. The van der Waals surface area contributed by atoms with E-state index in [1.54, 1.807) is 18.6 Å². The molecule has 0 radical (unpaired) electrons. The van der Waals surface area contributed by atoms with E-state index in [4.69, 9.17) is 5.73 Å². The Bertz CT molecular complexity index is 815. The Hall–Kier alpha value is -2.83. The number of benzene rings is 1. The smallest absolute Gasteiger partial charge is 0.384 e. The maximum Gasteiger partial charge on any atom is 0.416 e. The molecule has 7 heteroatoms. The molecule has 0 bridgehead atoms. The lowest BCUT2D eigenvalue weighted by atomic mass is 9.96. The number of imidazole rings is 1. The van der Waals surface area contributed by atoms with Gasteiger partial charge in [-0.15, -0.1) is 0 Å². The highest BCUT2D eigenvalue weighted by Gasteiger charge is 2.32. The lowest BCUT2D eigenvalue weighted by Crippen LogP contribution is -2.17. The number of rotatable bonds is 5. The Balaban J connectivity index is 1.57. The first-order valence-corrected chi connectivity index (χ1v) is 8.24. The van der Waals surface area contributed by atoms with Crippen molar-refractivity contribution >= 4 is 5.84 Å². The minimum absolute atomic E-state index is 0.0701. The van der Waals surface area contributed by atoms with E-state index in [2.05, 4.69) is 15.0 Å². The Kier molecular flexibility index (Phi) is 5.25. The molecule has 1 aromatic carbocycles.